The van der Waals surface area contributed by atoms with Gasteiger partial charge < -0.3 is 9.88 Å². The second-order valence-corrected chi connectivity index (χ2v) is 7.59. The minimum absolute atomic E-state index is 0.112. The fourth-order valence-corrected chi connectivity index (χ4v) is 2.79. The number of hydrogen-bond acceptors (Lipinski definition) is 5. The zero-order chi connectivity index (χ0) is 13.2. The van der Waals surface area contributed by atoms with Gasteiger partial charge in [-0.15, -0.1) is 0 Å². The largest absolute Gasteiger partial charge is 0.323 e. The first-order valence-corrected chi connectivity index (χ1v) is 8.21. The summed E-state index contributed by atoms with van der Waals surface area (Å²) in [7, 11) is -2.37. The standard InChI is InChI=1S/C11H12ClN4OP/c1-18(2,17)9-6-4-3-5-8(9)15-11-14-7-13-10(12)16-11/h3-7H,1-2H3,(H,13,14,15,16). The Bertz CT molecular complexity index is 613. The van der Waals surface area contributed by atoms with Crippen molar-refractivity contribution in [2.24, 2.45) is 0 Å². The van der Waals surface area contributed by atoms with Crippen LogP contribution in [0.25, 0.3) is 0 Å². The van der Waals surface area contributed by atoms with Crippen LogP contribution in [0.2, 0.25) is 5.28 Å². The van der Waals surface area contributed by atoms with E-state index in [0.717, 1.165) is 5.30 Å². The zero-order valence-electron chi connectivity index (χ0n) is 9.96. The highest BCUT2D eigenvalue weighted by Gasteiger charge is 2.16. The Hall–Kier alpha value is -1.45. The van der Waals surface area contributed by atoms with Gasteiger partial charge in [-0.1, -0.05) is 12.1 Å². The molecular weight excluding hydrogens is 271 g/mol. The molecule has 1 aromatic carbocycles. The molecule has 1 aromatic heterocycles. The average molecular weight is 283 g/mol. The number of rotatable bonds is 3. The van der Waals surface area contributed by atoms with E-state index in [-0.39, 0.29) is 5.28 Å². The van der Waals surface area contributed by atoms with Gasteiger partial charge in [0.25, 0.3) is 0 Å². The van der Waals surface area contributed by atoms with Crippen LogP contribution in [-0.4, -0.2) is 28.3 Å². The number of halogens is 1. The first kappa shape index (κ1) is 13.0. The summed E-state index contributed by atoms with van der Waals surface area (Å²) in [6, 6.07) is 7.35. The lowest BCUT2D eigenvalue weighted by Crippen LogP contribution is -2.10. The third-order valence-electron chi connectivity index (χ3n) is 2.27. The predicted molar refractivity (Wildman–Crippen MR) is 73.7 cm³/mol. The van der Waals surface area contributed by atoms with Crippen LogP contribution in [0.5, 0.6) is 0 Å². The summed E-state index contributed by atoms with van der Waals surface area (Å²) in [5.74, 6) is 0.330. The number of nitrogens with one attached hydrogen (secondary N) is 1. The molecule has 0 bridgehead atoms. The van der Waals surface area contributed by atoms with E-state index in [4.69, 9.17) is 11.6 Å². The maximum atomic E-state index is 12.2. The summed E-state index contributed by atoms with van der Waals surface area (Å²) in [4.78, 5) is 11.6. The molecule has 0 amide bonds. The second-order valence-electron chi connectivity index (χ2n) is 4.07. The Labute approximate surface area is 110 Å². The predicted octanol–water partition coefficient (Wildman–Crippen LogP) is 2.52. The third-order valence-corrected chi connectivity index (χ3v) is 4.01. The van der Waals surface area contributed by atoms with Crippen molar-refractivity contribution in [2.45, 2.75) is 0 Å². The van der Waals surface area contributed by atoms with Crippen LogP contribution in [0.3, 0.4) is 0 Å². The number of nitrogens with zero attached hydrogens (tertiary/aromatic N) is 3. The van der Waals surface area contributed by atoms with Crippen LogP contribution in [0.15, 0.2) is 30.6 Å². The summed E-state index contributed by atoms with van der Waals surface area (Å²) in [5.41, 5.74) is 0.716. The molecule has 2 aromatic rings. The molecule has 18 heavy (non-hydrogen) atoms. The molecule has 94 valence electrons. The summed E-state index contributed by atoms with van der Waals surface area (Å²) in [6.45, 7) is 3.43. The monoisotopic (exact) mass is 282 g/mol. The lowest BCUT2D eigenvalue weighted by molar-refractivity contribution is 0.588. The van der Waals surface area contributed by atoms with Gasteiger partial charge in [-0.2, -0.15) is 4.98 Å². The summed E-state index contributed by atoms with van der Waals surface area (Å²) < 4.78 is 12.2. The van der Waals surface area contributed by atoms with E-state index in [9.17, 15) is 4.57 Å². The summed E-state index contributed by atoms with van der Waals surface area (Å²) in [5, 5.41) is 3.86. The van der Waals surface area contributed by atoms with Crippen LogP contribution in [0.4, 0.5) is 11.6 Å². The number of anilines is 2. The van der Waals surface area contributed by atoms with Gasteiger partial charge in [0.15, 0.2) is 0 Å². The fourth-order valence-electron chi connectivity index (χ4n) is 1.51. The molecule has 0 saturated heterocycles. The van der Waals surface area contributed by atoms with Crippen molar-refractivity contribution in [1.82, 2.24) is 15.0 Å². The van der Waals surface area contributed by atoms with Gasteiger partial charge in [-0.05, 0) is 37.1 Å². The fraction of sp³-hybridized carbons (Fsp3) is 0.182. The molecule has 0 aliphatic rings. The van der Waals surface area contributed by atoms with Crippen molar-refractivity contribution in [3.63, 3.8) is 0 Å². The Balaban J connectivity index is 2.38. The first-order chi connectivity index (χ1) is 8.47. The van der Waals surface area contributed by atoms with Gasteiger partial charge in [0, 0.05) is 5.30 Å². The molecule has 0 fully saturated rings. The van der Waals surface area contributed by atoms with Crippen molar-refractivity contribution in [2.75, 3.05) is 18.6 Å². The lowest BCUT2D eigenvalue weighted by atomic mass is 10.3. The summed E-state index contributed by atoms with van der Waals surface area (Å²) in [6.07, 6.45) is 1.32. The maximum absolute atomic E-state index is 12.2. The Kier molecular flexibility index (Phi) is 3.64. The number of aromatic nitrogens is 3. The van der Waals surface area contributed by atoms with Crippen LogP contribution in [0, 0.1) is 0 Å². The molecular formula is C11H12ClN4OP. The van der Waals surface area contributed by atoms with Crippen molar-refractivity contribution in [3.05, 3.63) is 35.9 Å². The molecule has 1 N–H and O–H groups in total. The highest BCUT2D eigenvalue weighted by atomic mass is 35.5. The molecule has 1 heterocycles. The van der Waals surface area contributed by atoms with Crippen LogP contribution >= 0.6 is 18.7 Å². The minimum atomic E-state index is -2.37. The Morgan fingerprint density at radius 2 is 1.94 bits per heavy atom. The SMILES string of the molecule is CP(C)(=O)c1ccccc1Nc1ncnc(Cl)n1. The van der Waals surface area contributed by atoms with Crippen molar-refractivity contribution in [3.8, 4) is 0 Å². The molecule has 0 saturated carbocycles. The van der Waals surface area contributed by atoms with Gasteiger partial charge in [0.2, 0.25) is 11.2 Å². The molecule has 0 aliphatic heterocycles. The molecule has 0 aliphatic carbocycles. The first-order valence-electron chi connectivity index (χ1n) is 5.23. The molecule has 5 nitrogen and oxygen atoms in total. The van der Waals surface area contributed by atoms with Gasteiger partial charge in [-0.3, -0.25) is 0 Å². The van der Waals surface area contributed by atoms with E-state index in [2.05, 4.69) is 20.3 Å². The van der Waals surface area contributed by atoms with E-state index in [0.29, 0.717) is 11.6 Å². The van der Waals surface area contributed by atoms with E-state index in [1.807, 2.05) is 24.3 Å². The average Bonchev–Trinajstić information content (AvgIpc) is 2.28. The van der Waals surface area contributed by atoms with Gasteiger partial charge >= 0.3 is 0 Å². The van der Waals surface area contributed by atoms with Crippen LogP contribution < -0.4 is 10.6 Å². The second kappa shape index (κ2) is 5.04. The molecule has 0 unspecified atom stereocenters. The molecule has 2 rings (SSSR count). The van der Waals surface area contributed by atoms with Crippen molar-refractivity contribution >= 4 is 35.7 Å². The molecule has 7 heteroatoms. The molecule has 0 spiro atoms. The normalized spacial score (nSPS) is 11.3. The van der Waals surface area contributed by atoms with Gasteiger partial charge in [0.1, 0.15) is 13.5 Å². The Morgan fingerprint density at radius 1 is 1.22 bits per heavy atom. The number of para-hydroxylation sites is 1. The topological polar surface area (TPSA) is 67.8 Å². The molecule has 0 radical (unpaired) electrons. The number of hydrogen-bond donors (Lipinski definition) is 1. The van der Waals surface area contributed by atoms with Crippen molar-refractivity contribution < 1.29 is 4.57 Å². The summed E-state index contributed by atoms with van der Waals surface area (Å²) >= 11 is 5.68. The lowest BCUT2D eigenvalue weighted by Gasteiger charge is -2.13. The highest BCUT2D eigenvalue weighted by molar-refractivity contribution is 7.70. The van der Waals surface area contributed by atoms with E-state index in [1.165, 1.54) is 6.33 Å². The molecule has 0 atom stereocenters. The Morgan fingerprint density at radius 3 is 2.61 bits per heavy atom. The van der Waals surface area contributed by atoms with E-state index in [1.54, 1.807) is 13.3 Å². The zero-order valence-corrected chi connectivity index (χ0v) is 11.6. The smallest absolute Gasteiger partial charge is 0.231 e. The quantitative estimate of drug-likeness (QED) is 0.876. The highest BCUT2D eigenvalue weighted by Crippen LogP contribution is 2.37. The maximum Gasteiger partial charge on any atom is 0.231 e. The van der Waals surface area contributed by atoms with Gasteiger partial charge in [-0.25, -0.2) is 9.97 Å². The van der Waals surface area contributed by atoms with Gasteiger partial charge in [0.05, 0.1) is 5.69 Å². The van der Waals surface area contributed by atoms with Crippen LogP contribution in [-0.2, 0) is 4.57 Å². The van der Waals surface area contributed by atoms with E-state index >= 15 is 0 Å². The van der Waals surface area contributed by atoms with E-state index < -0.39 is 7.14 Å². The van der Waals surface area contributed by atoms with Crippen LogP contribution in [0.1, 0.15) is 0 Å². The third kappa shape index (κ3) is 3.06. The minimum Gasteiger partial charge on any atom is -0.323 e. The number of benzene rings is 1. The van der Waals surface area contributed by atoms with Crippen molar-refractivity contribution in [1.29, 1.82) is 0 Å².